The number of ether oxygens (including phenoxy) is 1. The molecule has 1 amide bonds. The van der Waals surface area contributed by atoms with Crippen molar-refractivity contribution in [2.75, 3.05) is 6.54 Å². The van der Waals surface area contributed by atoms with Gasteiger partial charge < -0.3 is 15.4 Å². The first kappa shape index (κ1) is 17.3. The molecule has 118 valence electrons. The van der Waals surface area contributed by atoms with Crippen molar-refractivity contribution in [1.29, 1.82) is 0 Å². The van der Waals surface area contributed by atoms with Crippen LogP contribution < -0.4 is 10.6 Å². The molecule has 0 aliphatic heterocycles. The Balaban J connectivity index is 2.27. The number of nitrogens with one attached hydrogen (secondary N) is 2. The van der Waals surface area contributed by atoms with Crippen molar-refractivity contribution < 1.29 is 9.53 Å². The molecule has 1 saturated carbocycles. The number of hydrogen-bond donors (Lipinski definition) is 2. The van der Waals surface area contributed by atoms with Gasteiger partial charge in [-0.3, -0.25) is 0 Å². The van der Waals surface area contributed by atoms with Crippen molar-refractivity contribution in [3.63, 3.8) is 0 Å². The summed E-state index contributed by atoms with van der Waals surface area (Å²) < 4.78 is 5.30. The van der Waals surface area contributed by atoms with Gasteiger partial charge in [-0.05, 0) is 52.4 Å². The Kier molecular flexibility index (Phi) is 6.80. The lowest BCUT2D eigenvalue weighted by molar-refractivity contribution is 0.0502. The van der Waals surface area contributed by atoms with Crippen LogP contribution in [0, 0.1) is 5.92 Å². The summed E-state index contributed by atoms with van der Waals surface area (Å²) in [5.41, 5.74) is -0.435. The SMILES string of the molecule is CCC1CCC(NCC(CC)NC(=O)OC(C)(C)C)C1. The molecule has 20 heavy (non-hydrogen) atoms. The van der Waals surface area contributed by atoms with E-state index >= 15 is 0 Å². The summed E-state index contributed by atoms with van der Waals surface area (Å²) in [6.07, 6.45) is 5.76. The molecule has 3 unspecified atom stereocenters. The van der Waals surface area contributed by atoms with E-state index in [4.69, 9.17) is 4.74 Å². The Morgan fingerprint density at radius 3 is 2.50 bits per heavy atom. The first-order chi connectivity index (χ1) is 9.34. The molecule has 1 rings (SSSR count). The molecule has 1 aliphatic rings. The zero-order chi connectivity index (χ0) is 15.2. The number of amides is 1. The maximum atomic E-state index is 11.8. The van der Waals surface area contributed by atoms with Gasteiger partial charge in [-0.15, -0.1) is 0 Å². The van der Waals surface area contributed by atoms with Crippen molar-refractivity contribution in [1.82, 2.24) is 10.6 Å². The fourth-order valence-corrected chi connectivity index (χ4v) is 2.71. The molecule has 0 aromatic carbocycles. The van der Waals surface area contributed by atoms with E-state index in [1.165, 1.54) is 25.7 Å². The monoisotopic (exact) mass is 284 g/mol. The maximum absolute atomic E-state index is 11.8. The van der Waals surface area contributed by atoms with Crippen LogP contribution in [0.25, 0.3) is 0 Å². The van der Waals surface area contributed by atoms with Crippen LogP contribution in [0.3, 0.4) is 0 Å². The summed E-state index contributed by atoms with van der Waals surface area (Å²) in [7, 11) is 0. The number of hydrogen-bond acceptors (Lipinski definition) is 3. The summed E-state index contributed by atoms with van der Waals surface area (Å²) in [6.45, 7) is 10.8. The van der Waals surface area contributed by atoms with Gasteiger partial charge in [0.05, 0.1) is 0 Å². The smallest absolute Gasteiger partial charge is 0.407 e. The number of carbonyl (C=O) groups is 1. The van der Waals surface area contributed by atoms with Gasteiger partial charge in [0.2, 0.25) is 0 Å². The lowest BCUT2D eigenvalue weighted by Crippen LogP contribution is -2.45. The van der Waals surface area contributed by atoms with Crippen LogP contribution in [-0.2, 0) is 4.74 Å². The molecule has 1 aliphatic carbocycles. The third-order valence-electron chi connectivity index (χ3n) is 3.99. The van der Waals surface area contributed by atoms with Gasteiger partial charge in [0.15, 0.2) is 0 Å². The molecule has 0 radical (unpaired) electrons. The second kappa shape index (κ2) is 7.87. The quantitative estimate of drug-likeness (QED) is 0.785. The van der Waals surface area contributed by atoms with Crippen LogP contribution in [0.2, 0.25) is 0 Å². The van der Waals surface area contributed by atoms with Gasteiger partial charge in [0, 0.05) is 18.6 Å². The Morgan fingerprint density at radius 1 is 1.30 bits per heavy atom. The second-order valence-corrected chi connectivity index (χ2v) is 6.94. The molecule has 4 nitrogen and oxygen atoms in total. The van der Waals surface area contributed by atoms with Crippen LogP contribution in [-0.4, -0.2) is 30.3 Å². The van der Waals surface area contributed by atoms with Crippen molar-refractivity contribution in [2.45, 2.75) is 84.4 Å². The zero-order valence-corrected chi connectivity index (χ0v) is 13.8. The van der Waals surface area contributed by atoms with E-state index < -0.39 is 5.60 Å². The van der Waals surface area contributed by atoms with Gasteiger partial charge in [-0.1, -0.05) is 20.3 Å². The molecule has 0 spiro atoms. The highest BCUT2D eigenvalue weighted by Gasteiger charge is 2.24. The Bertz CT molecular complexity index is 299. The van der Waals surface area contributed by atoms with Gasteiger partial charge >= 0.3 is 6.09 Å². The summed E-state index contributed by atoms with van der Waals surface area (Å²) in [5, 5.41) is 6.54. The molecule has 0 aromatic rings. The summed E-state index contributed by atoms with van der Waals surface area (Å²) in [4.78, 5) is 11.8. The fraction of sp³-hybridized carbons (Fsp3) is 0.938. The van der Waals surface area contributed by atoms with Crippen LogP contribution >= 0.6 is 0 Å². The van der Waals surface area contributed by atoms with Gasteiger partial charge in [0.25, 0.3) is 0 Å². The molecule has 0 bridgehead atoms. The zero-order valence-electron chi connectivity index (χ0n) is 13.8. The second-order valence-electron chi connectivity index (χ2n) is 6.94. The Hall–Kier alpha value is -0.770. The average Bonchev–Trinajstić information content (AvgIpc) is 2.80. The highest BCUT2D eigenvalue weighted by molar-refractivity contribution is 5.68. The minimum absolute atomic E-state index is 0.144. The maximum Gasteiger partial charge on any atom is 0.407 e. The number of rotatable bonds is 6. The number of alkyl carbamates (subject to hydrolysis) is 1. The van der Waals surface area contributed by atoms with E-state index in [0.29, 0.717) is 6.04 Å². The lowest BCUT2D eigenvalue weighted by Gasteiger charge is -2.24. The predicted octanol–water partition coefficient (Wildman–Crippen LogP) is 3.46. The molecular formula is C16H32N2O2. The minimum atomic E-state index is -0.435. The van der Waals surface area contributed by atoms with Crippen molar-refractivity contribution >= 4 is 6.09 Å². The Labute approximate surface area is 124 Å². The van der Waals surface area contributed by atoms with Gasteiger partial charge in [-0.25, -0.2) is 4.79 Å². The fourth-order valence-electron chi connectivity index (χ4n) is 2.71. The van der Waals surface area contributed by atoms with Crippen molar-refractivity contribution in [3.8, 4) is 0 Å². The normalized spacial score (nSPS) is 24.4. The highest BCUT2D eigenvalue weighted by atomic mass is 16.6. The lowest BCUT2D eigenvalue weighted by atomic mass is 10.1. The van der Waals surface area contributed by atoms with Crippen molar-refractivity contribution in [3.05, 3.63) is 0 Å². The van der Waals surface area contributed by atoms with E-state index in [9.17, 15) is 4.79 Å². The molecule has 4 heteroatoms. The number of carbonyl (C=O) groups excluding carboxylic acids is 1. The molecule has 1 fully saturated rings. The van der Waals surface area contributed by atoms with Gasteiger partial charge in [0.1, 0.15) is 5.60 Å². The summed E-state index contributed by atoms with van der Waals surface area (Å²) >= 11 is 0. The summed E-state index contributed by atoms with van der Waals surface area (Å²) in [6, 6.07) is 0.764. The van der Waals surface area contributed by atoms with E-state index in [-0.39, 0.29) is 12.1 Å². The van der Waals surface area contributed by atoms with E-state index in [1.807, 2.05) is 20.8 Å². The predicted molar refractivity (Wildman–Crippen MR) is 82.9 cm³/mol. The molecule has 0 saturated heterocycles. The largest absolute Gasteiger partial charge is 0.444 e. The summed E-state index contributed by atoms with van der Waals surface area (Å²) in [5.74, 6) is 0.881. The van der Waals surface area contributed by atoms with Crippen LogP contribution in [0.4, 0.5) is 4.79 Å². The first-order valence-electron chi connectivity index (χ1n) is 8.07. The van der Waals surface area contributed by atoms with Crippen LogP contribution in [0.15, 0.2) is 0 Å². The molecule has 3 atom stereocenters. The van der Waals surface area contributed by atoms with E-state index in [1.54, 1.807) is 0 Å². The Morgan fingerprint density at radius 2 is 2.00 bits per heavy atom. The molecule has 0 heterocycles. The molecule has 0 aromatic heterocycles. The van der Waals surface area contributed by atoms with E-state index in [2.05, 4.69) is 24.5 Å². The van der Waals surface area contributed by atoms with E-state index in [0.717, 1.165) is 18.9 Å². The highest BCUT2D eigenvalue weighted by Crippen LogP contribution is 2.27. The molecule has 2 N–H and O–H groups in total. The third-order valence-corrected chi connectivity index (χ3v) is 3.99. The molecular weight excluding hydrogens is 252 g/mol. The van der Waals surface area contributed by atoms with Gasteiger partial charge in [-0.2, -0.15) is 0 Å². The minimum Gasteiger partial charge on any atom is -0.444 e. The standard InChI is InChI=1S/C16H32N2O2/c1-6-12-8-9-14(10-12)17-11-13(7-2)18-15(19)20-16(3,4)5/h12-14,17H,6-11H2,1-5H3,(H,18,19). The average molecular weight is 284 g/mol. The topological polar surface area (TPSA) is 50.4 Å². The third kappa shape index (κ3) is 6.60. The van der Waals surface area contributed by atoms with Crippen molar-refractivity contribution in [2.24, 2.45) is 5.92 Å². The van der Waals surface area contributed by atoms with Crippen LogP contribution in [0.5, 0.6) is 0 Å². The van der Waals surface area contributed by atoms with Crippen LogP contribution in [0.1, 0.15) is 66.7 Å². The first-order valence-corrected chi connectivity index (χ1v) is 8.07.